The fraction of sp³-hybridized carbons (Fsp3) is 0.600. The van der Waals surface area contributed by atoms with E-state index in [9.17, 15) is 4.39 Å². The highest BCUT2D eigenvalue weighted by Gasteiger charge is 2.08. The van der Waals surface area contributed by atoms with Crippen LogP contribution in [0.3, 0.4) is 0 Å². The maximum absolute atomic E-state index is 13.5. The molecule has 0 saturated heterocycles. The second kappa shape index (κ2) is 9.34. The van der Waals surface area contributed by atoms with Gasteiger partial charge in [0.2, 0.25) is 0 Å². The van der Waals surface area contributed by atoms with E-state index >= 15 is 0 Å². The van der Waals surface area contributed by atoms with Crippen molar-refractivity contribution in [3.63, 3.8) is 0 Å². The van der Waals surface area contributed by atoms with Crippen LogP contribution in [0.15, 0.2) is 29.2 Å². The van der Waals surface area contributed by atoms with Gasteiger partial charge in [-0.25, -0.2) is 4.39 Å². The van der Waals surface area contributed by atoms with E-state index in [1.54, 1.807) is 24.9 Å². The summed E-state index contributed by atoms with van der Waals surface area (Å²) in [7, 11) is 1.72. The lowest BCUT2D eigenvalue weighted by Gasteiger charge is -2.23. The lowest BCUT2D eigenvalue weighted by atomic mass is 10.2. The third kappa shape index (κ3) is 6.95. The van der Waals surface area contributed by atoms with Gasteiger partial charge in [0.1, 0.15) is 5.82 Å². The van der Waals surface area contributed by atoms with Crippen molar-refractivity contribution >= 4 is 11.8 Å². The van der Waals surface area contributed by atoms with E-state index in [1.807, 2.05) is 12.1 Å². The molecule has 1 aromatic rings. The maximum atomic E-state index is 13.5. The highest BCUT2D eigenvalue weighted by molar-refractivity contribution is 7.99. The van der Waals surface area contributed by atoms with Gasteiger partial charge >= 0.3 is 0 Å². The third-order valence-electron chi connectivity index (χ3n) is 2.74. The van der Waals surface area contributed by atoms with Crippen LogP contribution in [0.1, 0.15) is 13.8 Å². The molecule has 0 spiro atoms. The Hall–Kier alpha value is -0.580. The number of halogens is 1. The van der Waals surface area contributed by atoms with Crippen LogP contribution >= 0.6 is 11.8 Å². The molecule has 108 valence electrons. The first-order valence-electron chi connectivity index (χ1n) is 6.72. The molecule has 0 atom stereocenters. The Bertz CT molecular complexity index is 360. The van der Waals surface area contributed by atoms with Crippen molar-refractivity contribution in [3.05, 3.63) is 30.1 Å². The van der Waals surface area contributed by atoms with Crippen molar-refractivity contribution in [3.8, 4) is 0 Å². The van der Waals surface area contributed by atoms with Gasteiger partial charge in [-0.2, -0.15) is 0 Å². The van der Waals surface area contributed by atoms with E-state index in [0.717, 1.165) is 36.9 Å². The zero-order valence-corrected chi connectivity index (χ0v) is 12.9. The number of hydrogen-bond donors (Lipinski definition) is 0. The lowest BCUT2D eigenvalue weighted by Crippen LogP contribution is -2.33. The summed E-state index contributed by atoms with van der Waals surface area (Å²) in [6, 6.07) is 6.95. The molecule has 0 N–H and O–H groups in total. The number of hydrogen-bond acceptors (Lipinski definition) is 3. The highest BCUT2D eigenvalue weighted by Crippen LogP contribution is 2.21. The first-order chi connectivity index (χ1) is 9.13. The van der Waals surface area contributed by atoms with Gasteiger partial charge in [0, 0.05) is 37.4 Å². The molecule has 0 saturated carbocycles. The Morgan fingerprint density at radius 2 is 2.00 bits per heavy atom. The summed E-state index contributed by atoms with van der Waals surface area (Å²) in [4.78, 5) is 3.11. The summed E-state index contributed by atoms with van der Waals surface area (Å²) in [5.41, 5.74) is 0. The molecule has 0 fully saturated rings. The lowest BCUT2D eigenvalue weighted by molar-refractivity contribution is 0.144. The van der Waals surface area contributed by atoms with Crippen LogP contribution < -0.4 is 0 Å². The molecule has 4 heteroatoms. The quantitative estimate of drug-likeness (QED) is 0.644. The number of thioether (sulfide) groups is 1. The zero-order chi connectivity index (χ0) is 14.1. The molecule has 0 aliphatic carbocycles. The Labute approximate surface area is 120 Å². The first kappa shape index (κ1) is 16.5. The number of methoxy groups -OCH3 is 1. The molecular weight excluding hydrogens is 261 g/mol. The summed E-state index contributed by atoms with van der Waals surface area (Å²) < 4.78 is 18.6. The molecule has 1 aromatic carbocycles. The summed E-state index contributed by atoms with van der Waals surface area (Å²) >= 11 is 1.58. The molecule has 0 aliphatic rings. The van der Waals surface area contributed by atoms with E-state index < -0.39 is 0 Å². The smallest absolute Gasteiger partial charge is 0.136 e. The molecule has 1 rings (SSSR count). The van der Waals surface area contributed by atoms with Crippen LogP contribution in [0.2, 0.25) is 0 Å². The Morgan fingerprint density at radius 3 is 2.63 bits per heavy atom. The second-order valence-electron chi connectivity index (χ2n) is 4.97. The van der Waals surface area contributed by atoms with Crippen LogP contribution in [0.25, 0.3) is 0 Å². The van der Waals surface area contributed by atoms with E-state index in [1.165, 1.54) is 6.07 Å². The van der Waals surface area contributed by atoms with Gasteiger partial charge in [-0.1, -0.05) is 26.0 Å². The minimum Gasteiger partial charge on any atom is -0.383 e. The standard InChI is InChI=1S/C15H24FNOS/c1-13(2)12-17(8-10-18-3)9-11-19-15-7-5-4-6-14(15)16/h4-7,13H,8-12H2,1-3H3. The molecule has 0 unspecified atom stereocenters. The molecule has 0 bridgehead atoms. The molecule has 19 heavy (non-hydrogen) atoms. The van der Waals surface area contributed by atoms with Crippen LogP contribution in [0.4, 0.5) is 4.39 Å². The molecule has 0 amide bonds. The van der Waals surface area contributed by atoms with Gasteiger partial charge in [0.25, 0.3) is 0 Å². The normalized spacial score (nSPS) is 11.5. The van der Waals surface area contributed by atoms with Gasteiger partial charge in [0.05, 0.1) is 6.61 Å². The van der Waals surface area contributed by atoms with E-state index in [2.05, 4.69) is 18.7 Å². The van der Waals surface area contributed by atoms with E-state index in [4.69, 9.17) is 4.74 Å². The monoisotopic (exact) mass is 285 g/mol. The van der Waals surface area contributed by atoms with Gasteiger partial charge in [-0.15, -0.1) is 11.8 Å². The Morgan fingerprint density at radius 1 is 1.26 bits per heavy atom. The number of nitrogens with zero attached hydrogens (tertiary/aromatic N) is 1. The molecule has 0 aliphatic heterocycles. The maximum Gasteiger partial charge on any atom is 0.136 e. The zero-order valence-electron chi connectivity index (χ0n) is 12.1. The SMILES string of the molecule is COCCN(CCSc1ccccc1F)CC(C)C. The average molecular weight is 285 g/mol. The minimum atomic E-state index is -0.125. The van der Waals surface area contributed by atoms with Crippen molar-refractivity contribution in [1.29, 1.82) is 0 Å². The van der Waals surface area contributed by atoms with E-state index in [-0.39, 0.29) is 5.82 Å². The largest absolute Gasteiger partial charge is 0.383 e. The number of rotatable bonds is 9. The molecular formula is C15H24FNOS. The van der Waals surface area contributed by atoms with Crippen molar-refractivity contribution in [2.24, 2.45) is 5.92 Å². The predicted octanol–water partition coefficient (Wildman–Crippen LogP) is 3.52. The predicted molar refractivity (Wildman–Crippen MR) is 80.3 cm³/mol. The summed E-state index contributed by atoms with van der Waals surface area (Å²) in [6.07, 6.45) is 0. The van der Waals surface area contributed by atoms with Crippen molar-refractivity contribution in [1.82, 2.24) is 4.90 Å². The summed E-state index contributed by atoms with van der Waals surface area (Å²) in [5, 5.41) is 0. The van der Waals surface area contributed by atoms with Gasteiger partial charge < -0.3 is 4.74 Å². The summed E-state index contributed by atoms with van der Waals surface area (Å²) in [5.74, 6) is 1.41. The first-order valence-corrected chi connectivity index (χ1v) is 7.70. The minimum absolute atomic E-state index is 0.125. The summed E-state index contributed by atoms with van der Waals surface area (Å²) in [6.45, 7) is 8.12. The third-order valence-corrected chi connectivity index (χ3v) is 3.77. The molecule has 0 radical (unpaired) electrons. The van der Waals surface area contributed by atoms with E-state index in [0.29, 0.717) is 5.92 Å². The highest BCUT2D eigenvalue weighted by atomic mass is 32.2. The van der Waals surface area contributed by atoms with Gasteiger partial charge in [-0.3, -0.25) is 4.90 Å². The average Bonchev–Trinajstić information content (AvgIpc) is 2.37. The molecule has 0 heterocycles. The molecule has 2 nitrogen and oxygen atoms in total. The fourth-order valence-corrected chi connectivity index (χ4v) is 2.83. The van der Waals surface area contributed by atoms with Crippen LogP contribution in [0, 0.1) is 11.7 Å². The van der Waals surface area contributed by atoms with Crippen molar-refractivity contribution < 1.29 is 9.13 Å². The Balaban J connectivity index is 2.36. The van der Waals surface area contributed by atoms with Crippen molar-refractivity contribution in [2.75, 3.05) is 39.1 Å². The number of ether oxygens (including phenoxy) is 1. The van der Waals surface area contributed by atoms with Gasteiger partial charge in [0.15, 0.2) is 0 Å². The molecule has 0 aromatic heterocycles. The fourth-order valence-electron chi connectivity index (χ4n) is 1.88. The Kier molecular flexibility index (Phi) is 8.10. The second-order valence-corrected chi connectivity index (χ2v) is 6.10. The van der Waals surface area contributed by atoms with Gasteiger partial charge in [-0.05, 0) is 18.1 Å². The van der Waals surface area contributed by atoms with Crippen molar-refractivity contribution in [2.45, 2.75) is 18.7 Å². The van der Waals surface area contributed by atoms with Crippen LogP contribution in [-0.2, 0) is 4.74 Å². The van der Waals surface area contributed by atoms with Crippen LogP contribution in [0.5, 0.6) is 0 Å². The topological polar surface area (TPSA) is 12.5 Å². The van der Waals surface area contributed by atoms with Crippen LogP contribution in [-0.4, -0.2) is 44.0 Å². The number of benzene rings is 1.